The van der Waals surface area contributed by atoms with Crippen LogP contribution < -0.4 is 5.56 Å². The second-order valence-electron chi connectivity index (χ2n) is 1.78. The summed E-state index contributed by atoms with van der Waals surface area (Å²) in [7, 11) is 0. The van der Waals surface area contributed by atoms with Gasteiger partial charge < -0.3 is 4.98 Å². The molecule has 0 radical (unpaired) electrons. The van der Waals surface area contributed by atoms with Crippen molar-refractivity contribution in [3.63, 3.8) is 0 Å². The summed E-state index contributed by atoms with van der Waals surface area (Å²) in [4.78, 5) is 17.2. The lowest BCUT2D eigenvalue weighted by atomic mass is 10.7. The lowest BCUT2D eigenvalue weighted by Gasteiger charge is -1.94. The maximum Gasteiger partial charge on any atom is 0.251 e. The van der Waals surface area contributed by atoms with Crippen molar-refractivity contribution in [1.29, 1.82) is 0 Å². The SMILES string of the molecule is O=c1ccnc(SCCCl)[nH]1. The Hall–Kier alpha value is -0.480. The molecule has 3 nitrogen and oxygen atoms in total. The molecule has 0 fully saturated rings. The van der Waals surface area contributed by atoms with Gasteiger partial charge >= 0.3 is 0 Å². The average molecular weight is 191 g/mol. The van der Waals surface area contributed by atoms with Crippen LogP contribution in [-0.2, 0) is 0 Å². The number of hydrogen-bond acceptors (Lipinski definition) is 3. The molecule has 60 valence electrons. The van der Waals surface area contributed by atoms with Crippen molar-refractivity contribution in [2.75, 3.05) is 11.6 Å². The Kier molecular flexibility index (Phi) is 3.45. The van der Waals surface area contributed by atoms with Gasteiger partial charge in [-0.3, -0.25) is 4.79 Å². The molecule has 0 aliphatic carbocycles. The smallest absolute Gasteiger partial charge is 0.251 e. The molecule has 0 aliphatic rings. The van der Waals surface area contributed by atoms with Crippen LogP contribution >= 0.6 is 23.4 Å². The normalized spacial score (nSPS) is 9.91. The Morgan fingerprint density at radius 2 is 2.55 bits per heavy atom. The van der Waals surface area contributed by atoms with E-state index >= 15 is 0 Å². The Bertz CT molecular complexity index is 275. The molecule has 0 amide bonds. The van der Waals surface area contributed by atoms with Crippen molar-refractivity contribution in [1.82, 2.24) is 9.97 Å². The van der Waals surface area contributed by atoms with Gasteiger partial charge in [-0.05, 0) is 0 Å². The third-order valence-corrected chi connectivity index (χ3v) is 2.27. The molecule has 1 N–H and O–H groups in total. The number of nitrogens with zero attached hydrogens (tertiary/aromatic N) is 1. The zero-order chi connectivity index (χ0) is 8.10. The van der Waals surface area contributed by atoms with Gasteiger partial charge in [-0.1, -0.05) is 11.8 Å². The van der Waals surface area contributed by atoms with Crippen molar-refractivity contribution in [2.24, 2.45) is 0 Å². The van der Waals surface area contributed by atoms with Crippen molar-refractivity contribution in [3.05, 3.63) is 22.6 Å². The van der Waals surface area contributed by atoms with Crippen LogP contribution in [0.1, 0.15) is 0 Å². The minimum atomic E-state index is -0.128. The van der Waals surface area contributed by atoms with E-state index in [1.165, 1.54) is 24.0 Å². The maximum absolute atomic E-state index is 10.7. The molecule has 0 bridgehead atoms. The second-order valence-corrected chi connectivity index (χ2v) is 3.24. The number of thioether (sulfide) groups is 1. The van der Waals surface area contributed by atoms with Gasteiger partial charge in [0.05, 0.1) is 0 Å². The fourth-order valence-corrected chi connectivity index (χ4v) is 1.37. The molecule has 0 unspecified atom stereocenters. The third-order valence-electron chi connectivity index (χ3n) is 0.964. The Morgan fingerprint density at radius 1 is 1.73 bits per heavy atom. The van der Waals surface area contributed by atoms with E-state index in [0.717, 1.165) is 5.75 Å². The molecule has 0 aromatic carbocycles. The number of aromatic nitrogens is 2. The van der Waals surface area contributed by atoms with Gasteiger partial charge in [0, 0.05) is 23.9 Å². The zero-order valence-electron chi connectivity index (χ0n) is 5.71. The lowest BCUT2D eigenvalue weighted by Crippen LogP contribution is -2.05. The number of halogens is 1. The molecular weight excluding hydrogens is 184 g/mol. The van der Waals surface area contributed by atoms with E-state index < -0.39 is 0 Å². The molecule has 0 saturated heterocycles. The summed E-state index contributed by atoms with van der Waals surface area (Å²) in [6.07, 6.45) is 1.48. The molecule has 1 aromatic rings. The van der Waals surface area contributed by atoms with Gasteiger partial charge in [0.2, 0.25) is 0 Å². The van der Waals surface area contributed by atoms with Crippen molar-refractivity contribution in [2.45, 2.75) is 5.16 Å². The highest BCUT2D eigenvalue weighted by molar-refractivity contribution is 7.99. The quantitative estimate of drug-likeness (QED) is 0.441. The van der Waals surface area contributed by atoms with E-state index in [4.69, 9.17) is 11.6 Å². The van der Waals surface area contributed by atoms with Crippen LogP contribution in [0.2, 0.25) is 0 Å². The predicted molar refractivity (Wildman–Crippen MR) is 46.3 cm³/mol. The van der Waals surface area contributed by atoms with E-state index in [0.29, 0.717) is 11.0 Å². The van der Waals surface area contributed by atoms with Crippen molar-refractivity contribution >= 4 is 23.4 Å². The molecule has 11 heavy (non-hydrogen) atoms. The van der Waals surface area contributed by atoms with Gasteiger partial charge in [0.25, 0.3) is 5.56 Å². The topological polar surface area (TPSA) is 45.8 Å². The number of H-pyrrole nitrogens is 1. The van der Waals surface area contributed by atoms with Crippen LogP contribution in [-0.4, -0.2) is 21.6 Å². The number of alkyl halides is 1. The summed E-state index contributed by atoms with van der Waals surface area (Å²) in [5, 5.41) is 0.623. The van der Waals surface area contributed by atoms with Crippen LogP contribution in [0.5, 0.6) is 0 Å². The molecule has 1 aromatic heterocycles. The van der Waals surface area contributed by atoms with E-state index in [-0.39, 0.29) is 5.56 Å². The first-order chi connectivity index (χ1) is 5.33. The Morgan fingerprint density at radius 3 is 3.18 bits per heavy atom. The Balaban J connectivity index is 2.64. The number of rotatable bonds is 3. The molecule has 0 saturated carbocycles. The minimum absolute atomic E-state index is 0.128. The second kappa shape index (κ2) is 4.41. The molecule has 1 rings (SSSR count). The summed E-state index contributed by atoms with van der Waals surface area (Å²) in [5.41, 5.74) is -0.128. The monoisotopic (exact) mass is 190 g/mol. The number of aromatic amines is 1. The van der Waals surface area contributed by atoms with Gasteiger partial charge in [-0.2, -0.15) is 0 Å². The van der Waals surface area contributed by atoms with Gasteiger partial charge in [0.15, 0.2) is 5.16 Å². The van der Waals surface area contributed by atoms with Crippen LogP contribution in [0, 0.1) is 0 Å². The largest absolute Gasteiger partial charge is 0.301 e. The van der Waals surface area contributed by atoms with E-state index in [1.54, 1.807) is 0 Å². The summed E-state index contributed by atoms with van der Waals surface area (Å²) in [6.45, 7) is 0. The van der Waals surface area contributed by atoms with Crippen LogP contribution in [0.3, 0.4) is 0 Å². The first-order valence-electron chi connectivity index (χ1n) is 3.07. The molecule has 0 aliphatic heterocycles. The summed E-state index contributed by atoms with van der Waals surface area (Å²) in [5.74, 6) is 1.32. The van der Waals surface area contributed by atoms with Crippen LogP contribution in [0.25, 0.3) is 0 Å². The highest BCUT2D eigenvalue weighted by atomic mass is 35.5. The molecule has 0 atom stereocenters. The van der Waals surface area contributed by atoms with Gasteiger partial charge in [-0.15, -0.1) is 11.6 Å². The first kappa shape index (κ1) is 8.62. The highest BCUT2D eigenvalue weighted by Gasteiger charge is 1.93. The van der Waals surface area contributed by atoms with E-state index in [2.05, 4.69) is 9.97 Å². The van der Waals surface area contributed by atoms with Crippen LogP contribution in [0.4, 0.5) is 0 Å². The Labute approximate surface area is 73.2 Å². The van der Waals surface area contributed by atoms with E-state index in [9.17, 15) is 4.79 Å². The van der Waals surface area contributed by atoms with E-state index in [1.807, 2.05) is 0 Å². The number of hydrogen-bond donors (Lipinski definition) is 1. The summed E-state index contributed by atoms with van der Waals surface area (Å²) >= 11 is 6.89. The van der Waals surface area contributed by atoms with Gasteiger partial charge in [0.1, 0.15) is 0 Å². The summed E-state index contributed by atoms with van der Waals surface area (Å²) in [6, 6.07) is 1.38. The average Bonchev–Trinajstić information content (AvgIpc) is 2.01. The van der Waals surface area contributed by atoms with Crippen molar-refractivity contribution in [3.8, 4) is 0 Å². The molecular formula is C6H7ClN2OS. The minimum Gasteiger partial charge on any atom is -0.301 e. The fourth-order valence-electron chi connectivity index (χ4n) is 0.561. The van der Waals surface area contributed by atoms with Crippen molar-refractivity contribution < 1.29 is 0 Å². The molecule has 1 heterocycles. The van der Waals surface area contributed by atoms with Gasteiger partial charge in [-0.25, -0.2) is 4.98 Å². The number of nitrogens with one attached hydrogen (secondary N) is 1. The highest BCUT2D eigenvalue weighted by Crippen LogP contribution is 2.08. The maximum atomic E-state index is 10.7. The third kappa shape index (κ3) is 2.95. The molecule has 0 spiro atoms. The fraction of sp³-hybridized carbons (Fsp3) is 0.333. The predicted octanol–water partition coefficient (Wildman–Crippen LogP) is 1.10. The standard InChI is InChI=1S/C6H7ClN2OS/c7-2-4-11-6-8-3-1-5(10)9-6/h1,3H,2,4H2,(H,8,9,10). The zero-order valence-corrected chi connectivity index (χ0v) is 7.28. The van der Waals surface area contributed by atoms with Crippen LogP contribution in [0.15, 0.2) is 22.2 Å². The lowest BCUT2D eigenvalue weighted by molar-refractivity contribution is 0.937. The summed E-state index contributed by atoms with van der Waals surface area (Å²) < 4.78 is 0. The molecule has 5 heteroatoms. The first-order valence-corrected chi connectivity index (χ1v) is 4.59.